The van der Waals surface area contributed by atoms with Crippen LogP contribution in [0.4, 0.5) is 0 Å². The molecule has 3 heteroatoms. The molecule has 0 aromatic rings. The highest BCUT2D eigenvalue weighted by atomic mass is 16.5. The van der Waals surface area contributed by atoms with Crippen LogP contribution in [0.5, 0.6) is 0 Å². The maximum Gasteiger partial charge on any atom is 0.305 e. The predicted octanol–water partition coefficient (Wildman–Crippen LogP) is 5.48. The fourth-order valence-corrected chi connectivity index (χ4v) is 7.65. The van der Waals surface area contributed by atoms with Gasteiger partial charge in [-0.1, -0.05) is 25.5 Å². The molecule has 0 aliphatic heterocycles. The molecule has 4 rings (SSSR count). The number of ketones is 1. The Morgan fingerprint density at radius 3 is 2.78 bits per heavy atom. The first-order valence-corrected chi connectivity index (χ1v) is 11.2. The summed E-state index contributed by atoms with van der Waals surface area (Å²) in [7, 11) is 1.49. The van der Waals surface area contributed by atoms with Crippen molar-refractivity contribution in [3.8, 4) is 0 Å². The van der Waals surface area contributed by atoms with Gasteiger partial charge in [0.25, 0.3) is 0 Å². The third kappa shape index (κ3) is 3.09. The first-order valence-electron chi connectivity index (χ1n) is 11.2. The minimum atomic E-state index is -0.0666. The Hall–Kier alpha value is -1.12. The number of Topliss-reactive ketones (excluding diaryl/α,β-unsaturated/α-hetero) is 1. The van der Waals surface area contributed by atoms with Crippen LogP contribution in [-0.4, -0.2) is 18.9 Å². The summed E-state index contributed by atoms with van der Waals surface area (Å²) in [5.41, 5.74) is 2.20. The Morgan fingerprint density at radius 1 is 1.19 bits per heavy atom. The summed E-state index contributed by atoms with van der Waals surface area (Å²) in [5, 5.41) is 0. The van der Waals surface area contributed by atoms with Gasteiger partial charge in [-0.25, -0.2) is 0 Å². The molecule has 0 aromatic carbocycles. The first kappa shape index (κ1) is 19.2. The third-order valence-corrected chi connectivity index (χ3v) is 9.29. The Kier molecular flexibility index (Phi) is 5.01. The van der Waals surface area contributed by atoms with Crippen molar-refractivity contribution in [2.75, 3.05) is 7.11 Å². The standard InChI is InChI=1S/C24H36O3/c1-23-14-12-21-19(9-7-17-15-18(25)11-13-24(17,21)2)20(23)10-8-16(23)5-4-6-22(26)27-3/h7,16,19-21H,4-6,8-15H2,1-3H3/t16-,19?,20?,21?,23+,24-/m0/s1. The summed E-state index contributed by atoms with van der Waals surface area (Å²) >= 11 is 0. The lowest BCUT2D eigenvalue weighted by Gasteiger charge is -2.57. The van der Waals surface area contributed by atoms with E-state index in [2.05, 4.69) is 19.9 Å². The zero-order chi connectivity index (χ0) is 19.2. The molecular weight excluding hydrogens is 336 g/mol. The Labute approximate surface area is 164 Å². The summed E-state index contributed by atoms with van der Waals surface area (Å²) in [6.07, 6.45) is 14.3. The lowest BCUT2D eigenvalue weighted by atomic mass is 9.47. The van der Waals surface area contributed by atoms with Gasteiger partial charge in [0, 0.05) is 19.3 Å². The van der Waals surface area contributed by atoms with E-state index in [-0.39, 0.29) is 11.4 Å². The van der Waals surface area contributed by atoms with Crippen LogP contribution in [0.1, 0.15) is 84.5 Å². The Balaban J connectivity index is 1.49. The van der Waals surface area contributed by atoms with Crippen LogP contribution in [0, 0.1) is 34.5 Å². The average molecular weight is 373 g/mol. The smallest absolute Gasteiger partial charge is 0.305 e. The molecular formula is C24H36O3. The van der Waals surface area contributed by atoms with Gasteiger partial charge in [-0.05, 0) is 85.9 Å². The summed E-state index contributed by atoms with van der Waals surface area (Å²) in [5.74, 6) is 3.55. The highest BCUT2D eigenvalue weighted by molar-refractivity contribution is 5.82. The van der Waals surface area contributed by atoms with Gasteiger partial charge >= 0.3 is 5.97 Å². The van der Waals surface area contributed by atoms with E-state index in [1.807, 2.05) is 0 Å². The molecule has 3 saturated carbocycles. The predicted molar refractivity (Wildman–Crippen MR) is 106 cm³/mol. The van der Waals surface area contributed by atoms with E-state index in [1.165, 1.54) is 51.2 Å². The second kappa shape index (κ2) is 7.04. The van der Waals surface area contributed by atoms with Crippen LogP contribution in [0.2, 0.25) is 0 Å². The van der Waals surface area contributed by atoms with E-state index in [4.69, 9.17) is 4.74 Å². The van der Waals surface area contributed by atoms with E-state index in [1.54, 1.807) is 0 Å². The van der Waals surface area contributed by atoms with Gasteiger partial charge < -0.3 is 4.74 Å². The van der Waals surface area contributed by atoms with Crippen LogP contribution < -0.4 is 0 Å². The molecule has 0 aromatic heterocycles. The van der Waals surface area contributed by atoms with Crippen molar-refractivity contribution in [3.63, 3.8) is 0 Å². The summed E-state index contributed by atoms with van der Waals surface area (Å²) in [6.45, 7) is 5.02. The molecule has 4 aliphatic rings. The molecule has 0 spiro atoms. The number of fused-ring (bicyclic) bond motifs is 5. The van der Waals surface area contributed by atoms with Crippen LogP contribution in [-0.2, 0) is 14.3 Å². The number of esters is 1. The summed E-state index contributed by atoms with van der Waals surface area (Å²) in [4.78, 5) is 23.5. The first-order chi connectivity index (χ1) is 12.9. The molecule has 0 radical (unpaired) electrons. The third-order valence-electron chi connectivity index (χ3n) is 9.29. The maximum atomic E-state index is 12.0. The van der Waals surface area contributed by atoms with Gasteiger partial charge in [0.05, 0.1) is 7.11 Å². The molecule has 0 amide bonds. The SMILES string of the molecule is COC(=O)CCC[C@H]1CCC2C3CC=C4CC(=O)CC[C@]4(C)C3CC[C@@]21C. The molecule has 0 N–H and O–H groups in total. The fourth-order valence-electron chi connectivity index (χ4n) is 7.65. The number of hydrogen-bond acceptors (Lipinski definition) is 3. The van der Waals surface area contributed by atoms with Gasteiger partial charge in [-0.15, -0.1) is 0 Å². The monoisotopic (exact) mass is 372 g/mol. The number of hydrogen-bond donors (Lipinski definition) is 0. The van der Waals surface area contributed by atoms with Crippen molar-refractivity contribution in [2.24, 2.45) is 34.5 Å². The second-order valence-electron chi connectivity index (χ2n) is 10.3. The van der Waals surface area contributed by atoms with Gasteiger partial charge in [0.1, 0.15) is 5.78 Å². The molecule has 4 aliphatic carbocycles. The number of rotatable bonds is 4. The largest absolute Gasteiger partial charge is 0.469 e. The van der Waals surface area contributed by atoms with Crippen LogP contribution >= 0.6 is 0 Å². The summed E-state index contributed by atoms with van der Waals surface area (Å²) in [6, 6.07) is 0. The Morgan fingerprint density at radius 2 is 2.00 bits per heavy atom. The summed E-state index contributed by atoms with van der Waals surface area (Å²) < 4.78 is 4.82. The maximum absolute atomic E-state index is 12.0. The normalized spacial score (nSPS) is 43.4. The number of carbonyl (C=O) groups is 2. The molecule has 3 fully saturated rings. The lowest BCUT2D eigenvalue weighted by molar-refractivity contribution is -0.140. The molecule has 27 heavy (non-hydrogen) atoms. The zero-order valence-corrected chi connectivity index (χ0v) is 17.4. The van der Waals surface area contributed by atoms with Gasteiger partial charge in [-0.2, -0.15) is 0 Å². The van der Waals surface area contributed by atoms with Gasteiger partial charge in [0.15, 0.2) is 0 Å². The zero-order valence-electron chi connectivity index (χ0n) is 17.4. The highest BCUT2D eigenvalue weighted by Crippen LogP contribution is 2.66. The molecule has 150 valence electrons. The number of carbonyl (C=O) groups excluding carboxylic acids is 2. The Bertz CT molecular complexity index is 650. The van der Waals surface area contributed by atoms with Gasteiger partial charge in [0.2, 0.25) is 0 Å². The van der Waals surface area contributed by atoms with Crippen molar-refractivity contribution in [1.82, 2.24) is 0 Å². The van der Waals surface area contributed by atoms with Crippen LogP contribution in [0.15, 0.2) is 11.6 Å². The van der Waals surface area contributed by atoms with Crippen LogP contribution in [0.25, 0.3) is 0 Å². The fraction of sp³-hybridized carbons (Fsp3) is 0.833. The molecule has 3 unspecified atom stereocenters. The van der Waals surface area contributed by atoms with Crippen molar-refractivity contribution < 1.29 is 14.3 Å². The lowest BCUT2D eigenvalue weighted by Crippen LogP contribution is -2.50. The second-order valence-corrected chi connectivity index (χ2v) is 10.3. The van der Waals surface area contributed by atoms with E-state index in [9.17, 15) is 9.59 Å². The molecule has 3 nitrogen and oxygen atoms in total. The number of allylic oxidation sites excluding steroid dienone is 2. The van der Waals surface area contributed by atoms with E-state index in [0.717, 1.165) is 49.4 Å². The molecule has 0 bridgehead atoms. The van der Waals surface area contributed by atoms with E-state index in [0.29, 0.717) is 17.6 Å². The van der Waals surface area contributed by atoms with Crippen molar-refractivity contribution >= 4 is 11.8 Å². The minimum absolute atomic E-state index is 0.0666. The van der Waals surface area contributed by atoms with Gasteiger partial charge in [-0.3, -0.25) is 9.59 Å². The minimum Gasteiger partial charge on any atom is -0.469 e. The van der Waals surface area contributed by atoms with Crippen molar-refractivity contribution in [2.45, 2.75) is 84.5 Å². The number of ether oxygens (including phenoxy) is 1. The average Bonchev–Trinajstić information content (AvgIpc) is 2.99. The molecule has 6 atom stereocenters. The van der Waals surface area contributed by atoms with Crippen molar-refractivity contribution in [1.29, 1.82) is 0 Å². The molecule has 0 heterocycles. The van der Waals surface area contributed by atoms with E-state index < -0.39 is 0 Å². The topological polar surface area (TPSA) is 43.4 Å². The van der Waals surface area contributed by atoms with Crippen LogP contribution in [0.3, 0.4) is 0 Å². The quantitative estimate of drug-likeness (QED) is 0.485. The van der Waals surface area contributed by atoms with Crippen molar-refractivity contribution in [3.05, 3.63) is 11.6 Å². The van der Waals surface area contributed by atoms with E-state index >= 15 is 0 Å². The molecule has 0 saturated heterocycles. The highest BCUT2D eigenvalue weighted by Gasteiger charge is 2.58. The number of methoxy groups -OCH3 is 1.